The summed E-state index contributed by atoms with van der Waals surface area (Å²) in [6.07, 6.45) is -1.52. The molecule has 3 rings (SSSR count). The van der Waals surface area contributed by atoms with Crippen LogP contribution in [0.4, 0.5) is 13.2 Å². The predicted molar refractivity (Wildman–Crippen MR) is 106 cm³/mol. The third-order valence-corrected chi connectivity index (χ3v) is 7.57. The Kier molecular flexibility index (Phi) is 8.13. The zero-order chi connectivity index (χ0) is 21.9. The van der Waals surface area contributed by atoms with Crippen molar-refractivity contribution in [3.8, 4) is 0 Å². The van der Waals surface area contributed by atoms with E-state index in [1.165, 1.54) is 11.8 Å². The van der Waals surface area contributed by atoms with Crippen molar-refractivity contribution in [3.63, 3.8) is 0 Å². The molecule has 0 spiro atoms. The molecule has 1 aliphatic heterocycles. The number of carbonyl (C=O) groups is 2. The molecule has 13 heteroatoms. The monoisotopic (exact) mass is 473 g/mol. The van der Waals surface area contributed by atoms with Crippen LogP contribution in [0.3, 0.4) is 0 Å². The van der Waals surface area contributed by atoms with Crippen molar-refractivity contribution in [1.29, 1.82) is 0 Å². The molecule has 6 atom stereocenters. The Bertz CT molecular complexity index is 632. The van der Waals surface area contributed by atoms with E-state index in [2.05, 4.69) is 21.8 Å². The Balaban J connectivity index is 1.46. The maximum absolute atomic E-state index is 12.9. The Hall–Kier alpha value is -0.790. The summed E-state index contributed by atoms with van der Waals surface area (Å²) in [7, 11) is 0. The lowest BCUT2D eigenvalue weighted by molar-refractivity contribution is -0.184. The summed E-state index contributed by atoms with van der Waals surface area (Å²) in [5.74, 6) is -3.17. The Morgan fingerprint density at radius 3 is 2.67 bits per heavy atom. The summed E-state index contributed by atoms with van der Waals surface area (Å²) in [5.41, 5.74) is 8.33. The highest BCUT2D eigenvalue weighted by atomic mass is 35.5. The van der Waals surface area contributed by atoms with Gasteiger partial charge in [-0.2, -0.15) is 29.2 Å². The van der Waals surface area contributed by atoms with E-state index in [0.29, 0.717) is 32.1 Å². The molecular formula is C17H27ClF3N5O3S. The van der Waals surface area contributed by atoms with Crippen LogP contribution in [0.2, 0.25) is 0 Å². The number of thioether (sulfide) groups is 1. The first-order valence-electron chi connectivity index (χ1n) is 10.0. The smallest absolute Gasteiger partial charge is 0.391 e. The zero-order valence-corrected chi connectivity index (χ0v) is 17.8. The molecule has 0 aromatic rings. The number of nitrogens with zero attached hydrogens (tertiary/aromatic N) is 1. The fourth-order valence-corrected chi connectivity index (χ4v) is 5.61. The first-order valence-corrected chi connectivity index (χ1v) is 11.5. The van der Waals surface area contributed by atoms with Gasteiger partial charge in [-0.3, -0.25) is 9.59 Å². The van der Waals surface area contributed by atoms with Gasteiger partial charge in [0.15, 0.2) is 0 Å². The Morgan fingerprint density at radius 1 is 1.20 bits per heavy atom. The highest BCUT2D eigenvalue weighted by Gasteiger charge is 2.43. The minimum atomic E-state index is -4.22. The molecule has 1 amide bonds. The maximum Gasteiger partial charge on any atom is 0.391 e. The molecule has 2 saturated carbocycles. The molecule has 8 nitrogen and oxygen atoms in total. The van der Waals surface area contributed by atoms with Crippen molar-refractivity contribution in [2.75, 3.05) is 5.75 Å². The van der Waals surface area contributed by atoms with Gasteiger partial charge in [0.2, 0.25) is 5.91 Å². The second-order valence-electron chi connectivity index (χ2n) is 8.05. The molecule has 2 aliphatic carbocycles. The van der Waals surface area contributed by atoms with Crippen LogP contribution in [0.15, 0.2) is 0 Å². The minimum Gasteiger partial charge on any atom is -0.481 e. The van der Waals surface area contributed by atoms with Crippen molar-refractivity contribution in [2.45, 2.75) is 74.1 Å². The van der Waals surface area contributed by atoms with Gasteiger partial charge in [-0.15, -0.1) is 23.4 Å². The van der Waals surface area contributed by atoms with Crippen LogP contribution in [-0.4, -0.2) is 56.9 Å². The number of hydrazine groups is 3. The number of alkyl halides is 4. The summed E-state index contributed by atoms with van der Waals surface area (Å²) in [6.45, 7) is 0. The van der Waals surface area contributed by atoms with Gasteiger partial charge < -0.3 is 10.4 Å². The zero-order valence-electron chi connectivity index (χ0n) is 16.3. The molecule has 30 heavy (non-hydrogen) atoms. The van der Waals surface area contributed by atoms with Gasteiger partial charge in [-0.05, 0) is 38.5 Å². The average molecular weight is 474 g/mol. The molecular weight excluding hydrogens is 447 g/mol. The third kappa shape index (κ3) is 6.13. The predicted octanol–water partition coefficient (Wildman–Crippen LogP) is 1.93. The van der Waals surface area contributed by atoms with Crippen LogP contribution in [0.5, 0.6) is 0 Å². The molecule has 172 valence electrons. The van der Waals surface area contributed by atoms with Gasteiger partial charge >= 0.3 is 12.1 Å². The molecule has 3 aliphatic rings. The minimum absolute atomic E-state index is 0.0674. The lowest BCUT2D eigenvalue weighted by atomic mass is 9.85. The molecule has 6 unspecified atom stereocenters. The van der Waals surface area contributed by atoms with Gasteiger partial charge in [0, 0.05) is 17.5 Å². The summed E-state index contributed by atoms with van der Waals surface area (Å²) >= 11 is 7.41. The summed E-state index contributed by atoms with van der Waals surface area (Å²) in [6, 6.07) is -0.548. The van der Waals surface area contributed by atoms with Gasteiger partial charge in [0.1, 0.15) is 5.50 Å². The van der Waals surface area contributed by atoms with E-state index in [0.717, 1.165) is 0 Å². The number of carbonyl (C=O) groups excluding carboxylic acids is 1. The van der Waals surface area contributed by atoms with Crippen molar-refractivity contribution in [1.82, 2.24) is 26.8 Å². The van der Waals surface area contributed by atoms with Gasteiger partial charge in [0.25, 0.3) is 0 Å². The Morgan fingerprint density at radius 2 is 1.97 bits per heavy atom. The molecule has 0 aromatic carbocycles. The largest absolute Gasteiger partial charge is 0.481 e. The highest BCUT2D eigenvalue weighted by molar-refractivity contribution is 8.00. The fraction of sp³-hybridized carbons (Fsp3) is 0.882. The van der Waals surface area contributed by atoms with Crippen LogP contribution in [-0.2, 0) is 9.59 Å². The van der Waals surface area contributed by atoms with Crippen LogP contribution in [0.25, 0.3) is 0 Å². The quantitative estimate of drug-likeness (QED) is 0.373. The van der Waals surface area contributed by atoms with E-state index in [-0.39, 0.29) is 36.0 Å². The number of halogens is 4. The number of hydrogen-bond acceptors (Lipinski definition) is 7. The lowest BCUT2D eigenvalue weighted by Gasteiger charge is -2.37. The van der Waals surface area contributed by atoms with Gasteiger partial charge in [-0.25, -0.2) is 5.43 Å². The van der Waals surface area contributed by atoms with Gasteiger partial charge in [-0.1, -0.05) is 6.42 Å². The number of rotatable bonds is 6. The van der Waals surface area contributed by atoms with Gasteiger partial charge in [0.05, 0.1) is 17.6 Å². The van der Waals surface area contributed by atoms with Crippen molar-refractivity contribution >= 4 is 35.2 Å². The van der Waals surface area contributed by atoms with Crippen molar-refractivity contribution < 1.29 is 27.9 Å². The number of aliphatic carboxylic acids is 1. The summed E-state index contributed by atoms with van der Waals surface area (Å²) in [4.78, 5) is 23.7. The molecule has 3 fully saturated rings. The van der Waals surface area contributed by atoms with E-state index in [9.17, 15) is 27.9 Å². The number of amides is 1. The molecule has 0 radical (unpaired) electrons. The topological polar surface area (TPSA) is 106 Å². The first kappa shape index (κ1) is 23.9. The summed E-state index contributed by atoms with van der Waals surface area (Å²) < 4.78 is 38.8. The molecule has 5 N–H and O–H groups in total. The van der Waals surface area contributed by atoms with E-state index >= 15 is 0 Å². The second-order valence-corrected chi connectivity index (χ2v) is 9.68. The first-order chi connectivity index (χ1) is 14.1. The number of hydrogen-bond donors (Lipinski definition) is 5. The molecule has 1 saturated heterocycles. The van der Waals surface area contributed by atoms with E-state index in [1.54, 1.807) is 0 Å². The summed E-state index contributed by atoms with van der Waals surface area (Å²) in [5, 5.41) is 13.5. The van der Waals surface area contributed by atoms with E-state index in [1.807, 2.05) is 5.01 Å². The van der Waals surface area contributed by atoms with Crippen LogP contribution in [0.1, 0.15) is 44.9 Å². The number of carboxylic acids is 1. The normalized spacial score (nSPS) is 35.9. The average Bonchev–Trinajstić information content (AvgIpc) is 3.15. The third-order valence-electron chi connectivity index (χ3n) is 5.96. The number of carboxylic acid groups (broad SMARTS) is 1. The molecule has 1 heterocycles. The SMILES string of the molecule is O=C(CSC1NNNN1C1CCC(Cl)C(C(=O)O)C1)NC1CCCC(C(F)(F)F)C1. The second kappa shape index (κ2) is 10.2. The van der Waals surface area contributed by atoms with Crippen molar-refractivity contribution in [2.24, 2.45) is 11.8 Å². The van der Waals surface area contributed by atoms with E-state index in [4.69, 9.17) is 11.6 Å². The Labute approximate surface area is 181 Å². The van der Waals surface area contributed by atoms with Crippen molar-refractivity contribution in [3.05, 3.63) is 0 Å². The fourth-order valence-electron chi connectivity index (χ4n) is 4.35. The molecule has 0 bridgehead atoms. The highest BCUT2D eigenvalue weighted by Crippen LogP contribution is 2.37. The van der Waals surface area contributed by atoms with E-state index < -0.39 is 35.4 Å². The number of nitrogens with one attached hydrogen (secondary N) is 4. The maximum atomic E-state index is 12.9. The molecule has 0 aromatic heterocycles. The van der Waals surface area contributed by atoms with Crippen LogP contribution < -0.4 is 21.8 Å². The standard InChI is InChI=1S/C17H27ClF3N5O3S/c18-13-5-4-11(7-12(13)15(28)29)26-16(23-24-25-26)30-8-14(27)22-10-3-1-2-9(6-10)17(19,20)21/h9-13,16,23-25H,1-8H2,(H,22,27)(H,28,29). The van der Waals surface area contributed by atoms with Crippen LogP contribution >= 0.6 is 23.4 Å². The van der Waals surface area contributed by atoms with Crippen LogP contribution in [0, 0.1) is 11.8 Å². The lowest BCUT2D eigenvalue weighted by Crippen LogP contribution is -2.51.